The van der Waals surface area contributed by atoms with Crippen LogP contribution >= 0.6 is 15.9 Å². The average molecular weight is 489 g/mol. The third kappa shape index (κ3) is 4.65. The first-order valence-electron chi connectivity index (χ1n) is 11.5. The summed E-state index contributed by atoms with van der Waals surface area (Å²) in [5.41, 5.74) is 3.86. The van der Waals surface area contributed by atoms with Crippen molar-refractivity contribution in [3.05, 3.63) is 53.1 Å². The number of carboxylic acids is 1. The van der Waals surface area contributed by atoms with E-state index < -0.39 is 5.97 Å². The normalized spacial score (nSPS) is 32.9. The van der Waals surface area contributed by atoms with Crippen molar-refractivity contribution in [3.8, 4) is 5.75 Å². The van der Waals surface area contributed by atoms with Crippen molar-refractivity contribution in [2.45, 2.75) is 77.5 Å². The van der Waals surface area contributed by atoms with Gasteiger partial charge in [0, 0.05) is 4.83 Å². The lowest BCUT2D eigenvalue weighted by molar-refractivity contribution is -0.0588. The Morgan fingerprint density at radius 3 is 2.65 bits per heavy atom. The summed E-state index contributed by atoms with van der Waals surface area (Å²) in [5, 5.41) is 19.9. The fourth-order valence-electron chi connectivity index (χ4n) is 6.44. The summed E-state index contributed by atoms with van der Waals surface area (Å²) in [5.74, 6) is 0.0245. The molecule has 4 heteroatoms. The Kier molecular flexibility index (Phi) is 7.10. The van der Waals surface area contributed by atoms with Crippen LogP contribution in [0.2, 0.25) is 0 Å². The van der Waals surface area contributed by atoms with Gasteiger partial charge in [-0.25, -0.2) is 4.79 Å². The number of rotatable bonds is 6. The van der Waals surface area contributed by atoms with Crippen LogP contribution in [0.4, 0.5) is 0 Å². The van der Waals surface area contributed by atoms with E-state index in [9.17, 15) is 15.0 Å². The second kappa shape index (κ2) is 9.13. The number of hydrogen-bond donors (Lipinski definition) is 2. The van der Waals surface area contributed by atoms with Gasteiger partial charge in [-0.1, -0.05) is 53.6 Å². The number of allylic oxidation sites excluding steroid dienone is 3. The second-order valence-electron chi connectivity index (χ2n) is 10.5. The number of phenolic OH excluding ortho intramolecular Hbond substituents is 1. The van der Waals surface area contributed by atoms with Crippen molar-refractivity contribution in [3.63, 3.8) is 0 Å². The van der Waals surface area contributed by atoms with Crippen LogP contribution in [0.3, 0.4) is 0 Å². The lowest BCUT2D eigenvalue weighted by Crippen LogP contribution is -2.54. The van der Waals surface area contributed by atoms with Gasteiger partial charge in [0.05, 0.1) is 5.56 Å². The van der Waals surface area contributed by atoms with Crippen LogP contribution < -0.4 is 0 Å². The molecule has 170 valence electrons. The highest BCUT2D eigenvalue weighted by molar-refractivity contribution is 9.09. The molecule has 0 saturated heterocycles. The summed E-state index contributed by atoms with van der Waals surface area (Å²) in [6, 6.07) is 4.63. The fraction of sp³-hybridized carbons (Fsp3) is 0.593. The van der Waals surface area contributed by atoms with Crippen LogP contribution in [0.5, 0.6) is 5.75 Å². The van der Waals surface area contributed by atoms with Gasteiger partial charge < -0.3 is 10.2 Å². The van der Waals surface area contributed by atoms with Crippen LogP contribution in [0.15, 0.2) is 42.0 Å². The zero-order valence-electron chi connectivity index (χ0n) is 19.4. The fourth-order valence-corrected chi connectivity index (χ4v) is 7.22. The van der Waals surface area contributed by atoms with Crippen LogP contribution in [0.1, 0.15) is 82.1 Å². The van der Waals surface area contributed by atoms with Gasteiger partial charge in [-0.2, -0.15) is 0 Å². The molecule has 0 aliphatic heterocycles. The van der Waals surface area contributed by atoms with Gasteiger partial charge in [0.1, 0.15) is 5.75 Å². The Balaban J connectivity index is 1.94. The first-order chi connectivity index (χ1) is 14.5. The van der Waals surface area contributed by atoms with E-state index >= 15 is 0 Å². The molecule has 1 aromatic carbocycles. The van der Waals surface area contributed by atoms with Crippen molar-refractivity contribution in [2.75, 3.05) is 0 Å². The van der Waals surface area contributed by atoms with Crippen molar-refractivity contribution in [1.29, 1.82) is 0 Å². The summed E-state index contributed by atoms with van der Waals surface area (Å²) < 4.78 is 0. The largest absolute Gasteiger partial charge is 0.508 e. The topological polar surface area (TPSA) is 57.5 Å². The number of benzene rings is 1. The Morgan fingerprint density at radius 1 is 1.29 bits per heavy atom. The van der Waals surface area contributed by atoms with E-state index in [1.165, 1.54) is 23.3 Å². The summed E-state index contributed by atoms with van der Waals surface area (Å²) in [7, 11) is 0. The number of aromatic carboxylic acids is 1. The first-order valence-corrected chi connectivity index (χ1v) is 12.4. The molecule has 2 fully saturated rings. The van der Waals surface area contributed by atoms with Gasteiger partial charge in [0.15, 0.2) is 0 Å². The number of carboxylic acid groups (broad SMARTS) is 1. The number of hydrogen-bond acceptors (Lipinski definition) is 2. The molecule has 0 spiro atoms. The van der Waals surface area contributed by atoms with Gasteiger partial charge >= 0.3 is 5.97 Å². The first kappa shape index (κ1) is 24.1. The van der Waals surface area contributed by atoms with Gasteiger partial charge in [0.2, 0.25) is 0 Å². The third-order valence-corrected chi connectivity index (χ3v) is 9.78. The minimum absolute atomic E-state index is 0.0883. The molecule has 1 aromatic rings. The van der Waals surface area contributed by atoms with Crippen LogP contribution in [0, 0.1) is 22.7 Å². The summed E-state index contributed by atoms with van der Waals surface area (Å²) in [6.45, 7) is 13.7. The van der Waals surface area contributed by atoms with Crippen LogP contribution in [0.25, 0.3) is 0 Å². The van der Waals surface area contributed by atoms with Crippen LogP contribution in [-0.4, -0.2) is 21.0 Å². The molecule has 2 N–H and O–H groups in total. The molecule has 0 bridgehead atoms. The Bertz CT molecular complexity index is 884. The number of alkyl halides is 1. The van der Waals surface area contributed by atoms with Crippen molar-refractivity contribution >= 4 is 21.9 Å². The van der Waals surface area contributed by atoms with Gasteiger partial charge in [-0.15, -0.1) is 0 Å². The van der Waals surface area contributed by atoms with E-state index in [-0.39, 0.29) is 28.1 Å². The Morgan fingerprint density at radius 2 is 2.00 bits per heavy atom. The highest BCUT2D eigenvalue weighted by atomic mass is 79.9. The maximum absolute atomic E-state index is 11.5. The minimum atomic E-state index is -0.959. The molecule has 2 aliphatic carbocycles. The molecule has 5 atom stereocenters. The molecule has 2 saturated carbocycles. The molecular formula is C27H37BrO3. The quantitative estimate of drug-likeness (QED) is 0.321. The van der Waals surface area contributed by atoms with E-state index in [0.29, 0.717) is 17.2 Å². The molecule has 0 amide bonds. The molecule has 2 aliphatic rings. The van der Waals surface area contributed by atoms with Gasteiger partial charge in [0.25, 0.3) is 0 Å². The second-order valence-corrected chi connectivity index (χ2v) is 11.6. The monoisotopic (exact) mass is 488 g/mol. The predicted molar refractivity (Wildman–Crippen MR) is 131 cm³/mol. The smallest absolute Gasteiger partial charge is 0.335 e. The van der Waals surface area contributed by atoms with Crippen molar-refractivity contribution < 1.29 is 15.0 Å². The van der Waals surface area contributed by atoms with E-state index in [2.05, 4.69) is 56.3 Å². The summed E-state index contributed by atoms with van der Waals surface area (Å²) in [6.07, 6.45) is 9.66. The molecule has 0 aromatic heterocycles. The number of fused-ring (bicyclic) bond motifs is 1. The molecular weight excluding hydrogens is 452 g/mol. The van der Waals surface area contributed by atoms with Crippen molar-refractivity contribution in [2.24, 2.45) is 22.7 Å². The minimum Gasteiger partial charge on any atom is -0.508 e. The van der Waals surface area contributed by atoms with Crippen LogP contribution in [-0.2, 0) is 6.42 Å². The number of phenols is 1. The van der Waals surface area contributed by atoms with Gasteiger partial charge in [-0.05, 0) is 105 Å². The molecule has 0 heterocycles. The predicted octanol–water partition coefficient (Wildman–Crippen LogP) is 7.53. The zero-order chi connectivity index (χ0) is 23.0. The van der Waals surface area contributed by atoms with Crippen molar-refractivity contribution in [1.82, 2.24) is 0 Å². The Hall–Kier alpha value is -1.55. The lowest BCUT2D eigenvalue weighted by atomic mass is 9.46. The standard InChI is InChI=1S/C27H37BrO3/c1-17(2)7-6-13-27(5)23-11-8-18(3)21(26(23,4)14-12-24(27)28)16-20-15-19(25(30)31)9-10-22(20)29/h7,9-10,15,21,23-24,29H,3,6,8,11-14,16H2,1-2,4-5H3,(H,30,31)/t21-,23+,24-,26+,27-/m1/s1. The Labute approximate surface area is 195 Å². The molecule has 0 unspecified atom stereocenters. The molecule has 0 radical (unpaired) electrons. The highest BCUT2D eigenvalue weighted by Crippen LogP contribution is 2.64. The maximum atomic E-state index is 11.5. The summed E-state index contributed by atoms with van der Waals surface area (Å²) in [4.78, 5) is 12.0. The zero-order valence-corrected chi connectivity index (χ0v) is 21.0. The number of aromatic hydroxyl groups is 1. The SMILES string of the molecule is C=C1CC[C@@H]2[C@@](C)(CCC=C(C)C)[C@H](Br)CC[C@@]2(C)[C@@H]1Cc1cc(C(=O)O)ccc1O. The molecule has 3 nitrogen and oxygen atoms in total. The van der Waals surface area contributed by atoms with E-state index in [1.54, 1.807) is 6.07 Å². The maximum Gasteiger partial charge on any atom is 0.335 e. The average Bonchev–Trinajstić information content (AvgIpc) is 2.69. The van der Waals surface area contributed by atoms with E-state index in [4.69, 9.17) is 0 Å². The van der Waals surface area contributed by atoms with E-state index in [1.807, 2.05) is 0 Å². The molecule has 31 heavy (non-hydrogen) atoms. The number of carbonyl (C=O) groups is 1. The molecule has 3 rings (SSSR count). The third-order valence-electron chi connectivity index (χ3n) is 8.27. The van der Waals surface area contributed by atoms with E-state index in [0.717, 1.165) is 44.1 Å². The lowest BCUT2D eigenvalue weighted by Gasteiger charge is -2.61. The summed E-state index contributed by atoms with van der Waals surface area (Å²) >= 11 is 4.05. The number of halogens is 1. The highest BCUT2D eigenvalue weighted by Gasteiger charge is 2.57. The van der Waals surface area contributed by atoms with Gasteiger partial charge in [-0.3, -0.25) is 0 Å².